The zero-order chi connectivity index (χ0) is 11.8. The largest absolute Gasteiger partial charge is 0.365 e. The summed E-state index contributed by atoms with van der Waals surface area (Å²) in [6.07, 6.45) is 1.11. The maximum absolute atomic E-state index is 12.9. The SMILES string of the molecule is CNC1CN(c2ccc(F)cc2)C(C)(C)C1. The third kappa shape index (κ3) is 2.05. The lowest BCUT2D eigenvalue weighted by Crippen LogP contribution is -2.38. The second-order valence-electron chi connectivity index (χ2n) is 5.09. The molecule has 16 heavy (non-hydrogen) atoms. The maximum atomic E-state index is 12.9. The summed E-state index contributed by atoms with van der Waals surface area (Å²) in [7, 11) is 1.99. The normalized spacial score (nSPS) is 23.8. The van der Waals surface area contributed by atoms with E-state index in [-0.39, 0.29) is 11.4 Å². The number of nitrogens with zero attached hydrogens (tertiary/aromatic N) is 1. The van der Waals surface area contributed by atoms with E-state index in [9.17, 15) is 4.39 Å². The number of likely N-dealkylation sites (N-methyl/N-ethyl adjacent to an activating group) is 1. The predicted molar refractivity (Wildman–Crippen MR) is 65.3 cm³/mol. The summed E-state index contributed by atoms with van der Waals surface area (Å²) < 4.78 is 12.9. The quantitative estimate of drug-likeness (QED) is 0.826. The Bertz CT molecular complexity index is 359. The van der Waals surface area contributed by atoms with E-state index in [1.54, 1.807) is 0 Å². The molecular weight excluding hydrogens is 203 g/mol. The summed E-state index contributed by atoms with van der Waals surface area (Å²) in [5.74, 6) is -0.175. The van der Waals surface area contributed by atoms with Crippen molar-refractivity contribution < 1.29 is 4.39 Å². The minimum Gasteiger partial charge on any atom is -0.365 e. The van der Waals surface area contributed by atoms with Crippen LogP contribution in [0.5, 0.6) is 0 Å². The van der Waals surface area contributed by atoms with E-state index < -0.39 is 0 Å². The van der Waals surface area contributed by atoms with Gasteiger partial charge in [0.1, 0.15) is 5.82 Å². The molecule has 1 aliphatic rings. The fourth-order valence-corrected chi connectivity index (χ4v) is 2.51. The lowest BCUT2D eigenvalue weighted by Gasteiger charge is -2.33. The number of benzene rings is 1. The van der Waals surface area contributed by atoms with E-state index in [0.717, 1.165) is 18.7 Å². The zero-order valence-electron chi connectivity index (χ0n) is 10.1. The van der Waals surface area contributed by atoms with Gasteiger partial charge in [-0.2, -0.15) is 0 Å². The van der Waals surface area contributed by atoms with Crippen LogP contribution in [0.2, 0.25) is 0 Å². The first-order chi connectivity index (χ1) is 7.53. The third-order valence-electron chi connectivity index (χ3n) is 3.43. The minimum atomic E-state index is -0.175. The first-order valence-electron chi connectivity index (χ1n) is 5.73. The Morgan fingerprint density at radius 1 is 1.31 bits per heavy atom. The standard InChI is InChI=1S/C13H19FN2/c1-13(2)8-11(15-3)9-16(13)12-6-4-10(14)5-7-12/h4-7,11,15H,8-9H2,1-3H3. The van der Waals surface area contributed by atoms with Gasteiger partial charge in [0.05, 0.1) is 0 Å². The van der Waals surface area contributed by atoms with Gasteiger partial charge in [0.25, 0.3) is 0 Å². The first kappa shape index (κ1) is 11.4. The molecule has 0 amide bonds. The van der Waals surface area contributed by atoms with E-state index in [0.29, 0.717) is 6.04 Å². The van der Waals surface area contributed by atoms with Crippen molar-refractivity contribution in [3.05, 3.63) is 30.1 Å². The number of hydrogen-bond acceptors (Lipinski definition) is 2. The fourth-order valence-electron chi connectivity index (χ4n) is 2.51. The highest BCUT2D eigenvalue weighted by molar-refractivity contribution is 5.50. The van der Waals surface area contributed by atoms with E-state index in [4.69, 9.17) is 0 Å². The lowest BCUT2D eigenvalue weighted by atomic mass is 10.00. The van der Waals surface area contributed by atoms with Crippen LogP contribution in [-0.2, 0) is 0 Å². The summed E-state index contributed by atoms with van der Waals surface area (Å²) in [6, 6.07) is 7.28. The number of nitrogens with one attached hydrogen (secondary N) is 1. The number of anilines is 1. The average molecular weight is 222 g/mol. The highest BCUT2D eigenvalue weighted by Gasteiger charge is 2.37. The smallest absolute Gasteiger partial charge is 0.123 e. The van der Waals surface area contributed by atoms with E-state index in [1.807, 2.05) is 19.2 Å². The highest BCUT2D eigenvalue weighted by Crippen LogP contribution is 2.33. The van der Waals surface area contributed by atoms with E-state index in [1.165, 1.54) is 12.1 Å². The molecule has 1 fully saturated rings. The Morgan fingerprint density at radius 2 is 1.94 bits per heavy atom. The Morgan fingerprint density at radius 3 is 2.44 bits per heavy atom. The molecule has 0 saturated carbocycles. The van der Waals surface area contributed by atoms with Gasteiger partial charge in [0.15, 0.2) is 0 Å². The predicted octanol–water partition coefficient (Wildman–Crippen LogP) is 2.40. The molecule has 1 atom stereocenters. The topological polar surface area (TPSA) is 15.3 Å². The molecule has 2 nitrogen and oxygen atoms in total. The Hall–Kier alpha value is -1.09. The van der Waals surface area contributed by atoms with E-state index >= 15 is 0 Å². The summed E-state index contributed by atoms with van der Waals surface area (Å²) >= 11 is 0. The van der Waals surface area contributed by atoms with Crippen LogP contribution in [0, 0.1) is 5.82 Å². The highest BCUT2D eigenvalue weighted by atomic mass is 19.1. The van der Waals surface area contributed by atoms with Crippen LogP contribution in [0.3, 0.4) is 0 Å². The molecule has 88 valence electrons. The van der Waals surface area contributed by atoms with Gasteiger partial charge < -0.3 is 10.2 Å². The summed E-state index contributed by atoms with van der Waals surface area (Å²) in [4.78, 5) is 2.34. The second kappa shape index (κ2) is 4.06. The van der Waals surface area contributed by atoms with Crippen molar-refractivity contribution in [2.45, 2.75) is 31.8 Å². The summed E-state index contributed by atoms with van der Waals surface area (Å²) in [5.41, 5.74) is 1.23. The molecule has 0 radical (unpaired) electrons. The van der Waals surface area contributed by atoms with Gasteiger partial charge in [-0.05, 0) is 51.6 Å². The Labute approximate surface area is 96.5 Å². The van der Waals surface area contributed by atoms with Gasteiger partial charge in [-0.1, -0.05) is 0 Å². The molecule has 0 spiro atoms. The van der Waals surface area contributed by atoms with Gasteiger partial charge in [0.2, 0.25) is 0 Å². The van der Waals surface area contributed by atoms with Crippen molar-refractivity contribution >= 4 is 5.69 Å². The lowest BCUT2D eigenvalue weighted by molar-refractivity contribution is 0.487. The molecule has 1 aliphatic heterocycles. The van der Waals surface area contributed by atoms with Gasteiger partial charge >= 0.3 is 0 Å². The average Bonchev–Trinajstić information content (AvgIpc) is 2.55. The number of hydrogen-bond donors (Lipinski definition) is 1. The first-order valence-corrected chi connectivity index (χ1v) is 5.73. The Kier molecular flexibility index (Phi) is 2.89. The van der Waals surface area contributed by atoms with Gasteiger partial charge in [-0.3, -0.25) is 0 Å². The number of rotatable bonds is 2. The molecule has 0 aromatic heterocycles. The summed E-state index contributed by atoms with van der Waals surface area (Å²) in [5, 5.41) is 3.31. The van der Waals surface area contributed by atoms with Crippen LogP contribution < -0.4 is 10.2 Å². The summed E-state index contributed by atoms with van der Waals surface area (Å²) in [6.45, 7) is 5.44. The van der Waals surface area contributed by atoms with Crippen molar-refractivity contribution in [3.63, 3.8) is 0 Å². The van der Waals surface area contributed by atoms with Crippen molar-refractivity contribution in [1.29, 1.82) is 0 Å². The van der Waals surface area contributed by atoms with Crippen molar-refractivity contribution in [2.75, 3.05) is 18.5 Å². The Balaban J connectivity index is 2.23. The molecule has 1 N–H and O–H groups in total. The second-order valence-corrected chi connectivity index (χ2v) is 5.09. The van der Waals surface area contributed by atoms with Crippen molar-refractivity contribution in [2.24, 2.45) is 0 Å². The minimum absolute atomic E-state index is 0.130. The molecule has 0 bridgehead atoms. The third-order valence-corrected chi connectivity index (χ3v) is 3.43. The fraction of sp³-hybridized carbons (Fsp3) is 0.538. The molecular formula is C13H19FN2. The molecule has 1 heterocycles. The monoisotopic (exact) mass is 222 g/mol. The zero-order valence-corrected chi connectivity index (χ0v) is 10.1. The number of halogens is 1. The van der Waals surface area contributed by atoms with Crippen molar-refractivity contribution in [3.8, 4) is 0 Å². The van der Waals surface area contributed by atoms with Crippen LogP contribution in [0.4, 0.5) is 10.1 Å². The van der Waals surface area contributed by atoms with Crippen LogP contribution in [0.1, 0.15) is 20.3 Å². The van der Waals surface area contributed by atoms with Gasteiger partial charge in [-0.25, -0.2) is 4.39 Å². The molecule has 1 unspecified atom stereocenters. The van der Waals surface area contributed by atoms with Crippen LogP contribution in [0.25, 0.3) is 0 Å². The molecule has 1 saturated heterocycles. The van der Waals surface area contributed by atoms with Crippen LogP contribution in [-0.4, -0.2) is 25.2 Å². The molecule has 1 aromatic carbocycles. The van der Waals surface area contributed by atoms with Gasteiger partial charge in [-0.15, -0.1) is 0 Å². The molecule has 2 rings (SSSR count). The van der Waals surface area contributed by atoms with Gasteiger partial charge in [0, 0.05) is 23.8 Å². The van der Waals surface area contributed by atoms with Crippen molar-refractivity contribution in [1.82, 2.24) is 5.32 Å². The van der Waals surface area contributed by atoms with E-state index in [2.05, 4.69) is 24.1 Å². The van der Waals surface area contributed by atoms with Crippen LogP contribution >= 0.6 is 0 Å². The molecule has 3 heteroatoms. The van der Waals surface area contributed by atoms with Crippen LogP contribution in [0.15, 0.2) is 24.3 Å². The maximum Gasteiger partial charge on any atom is 0.123 e. The molecule has 0 aliphatic carbocycles. The molecule has 1 aromatic rings.